The van der Waals surface area contributed by atoms with Gasteiger partial charge in [-0.2, -0.15) is 0 Å². The van der Waals surface area contributed by atoms with Crippen LogP contribution in [0.2, 0.25) is 5.02 Å². The fourth-order valence-electron chi connectivity index (χ4n) is 1.87. The molecular weight excluding hydrogens is 370 g/mol. The van der Waals surface area contributed by atoms with Gasteiger partial charge in [-0.3, -0.25) is 0 Å². The highest BCUT2D eigenvalue weighted by Crippen LogP contribution is 2.37. The molecule has 0 aromatic heterocycles. The zero-order valence-corrected chi connectivity index (χ0v) is 14.3. The monoisotopic (exact) mass is 383 g/mol. The van der Waals surface area contributed by atoms with Crippen LogP contribution in [-0.4, -0.2) is 18.0 Å². The lowest BCUT2D eigenvalue weighted by atomic mass is 10.2. The highest BCUT2D eigenvalue weighted by molar-refractivity contribution is 9.10. The van der Waals surface area contributed by atoms with E-state index < -0.39 is 0 Å². The molecule has 6 heteroatoms. The first-order valence-electron chi connectivity index (χ1n) is 6.65. The Morgan fingerprint density at radius 3 is 2.59 bits per heavy atom. The largest absolute Gasteiger partial charge is 0.490 e. The number of oxime groups is 1. The van der Waals surface area contributed by atoms with Crippen LogP contribution in [0.5, 0.6) is 11.5 Å². The lowest BCUT2D eigenvalue weighted by molar-refractivity contribution is 0.269. The molecule has 22 heavy (non-hydrogen) atoms. The van der Waals surface area contributed by atoms with Gasteiger partial charge in [-0.05, 0) is 36.8 Å². The Bertz CT molecular complexity index is 659. The molecule has 4 nitrogen and oxygen atoms in total. The molecule has 0 saturated carbocycles. The van der Waals surface area contributed by atoms with E-state index in [0.717, 1.165) is 10.0 Å². The molecule has 0 unspecified atom stereocenters. The van der Waals surface area contributed by atoms with E-state index >= 15 is 0 Å². The Kier molecular flexibility index (Phi) is 6.10. The van der Waals surface area contributed by atoms with Gasteiger partial charge in [0.25, 0.3) is 0 Å². The minimum atomic E-state index is 0.376. The van der Waals surface area contributed by atoms with Crippen molar-refractivity contribution in [3.05, 3.63) is 57.0 Å². The van der Waals surface area contributed by atoms with Gasteiger partial charge in [0.15, 0.2) is 11.5 Å². The van der Waals surface area contributed by atoms with Gasteiger partial charge in [-0.1, -0.05) is 44.8 Å². The Morgan fingerprint density at radius 2 is 1.95 bits per heavy atom. The van der Waals surface area contributed by atoms with Crippen LogP contribution in [0.4, 0.5) is 0 Å². The van der Waals surface area contributed by atoms with Crippen molar-refractivity contribution in [3.63, 3.8) is 0 Å². The van der Waals surface area contributed by atoms with E-state index in [9.17, 15) is 0 Å². The van der Waals surface area contributed by atoms with Gasteiger partial charge >= 0.3 is 0 Å². The molecule has 0 aliphatic rings. The Morgan fingerprint density at radius 1 is 1.23 bits per heavy atom. The van der Waals surface area contributed by atoms with Crippen molar-refractivity contribution in [1.29, 1.82) is 0 Å². The lowest BCUT2D eigenvalue weighted by Crippen LogP contribution is -2.01. The van der Waals surface area contributed by atoms with Crippen molar-refractivity contribution in [3.8, 4) is 11.5 Å². The molecule has 0 aliphatic carbocycles. The summed E-state index contributed by atoms with van der Waals surface area (Å²) in [5.41, 5.74) is 1.65. The molecule has 116 valence electrons. The van der Waals surface area contributed by atoms with Gasteiger partial charge in [0, 0.05) is 10.0 Å². The Balaban J connectivity index is 2.22. The molecule has 0 heterocycles. The number of ether oxygens (including phenoxy) is 2. The van der Waals surface area contributed by atoms with E-state index in [2.05, 4.69) is 21.1 Å². The molecule has 0 atom stereocenters. The number of halogens is 2. The predicted molar refractivity (Wildman–Crippen MR) is 90.5 cm³/mol. The molecular formula is C16H15BrClNO3. The smallest absolute Gasteiger partial charge is 0.180 e. The first-order chi connectivity index (χ1) is 10.6. The summed E-state index contributed by atoms with van der Waals surface area (Å²) in [4.78, 5) is 0. The van der Waals surface area contributed by atoms with E-state index in [1.54, 1.807) is 12.1 Å². The van der Waals surface area contributed by atoms with E-state index in [-0.39, 0.29) is 0 Å². The summed E-state index contributed by atoms with van der Waals surface area (Å²) >= 11 is 9.63. The maximum Gasteiger partial charge on any atom is 0.180 e. The third kappa shape index (κ3) is 4.39. The van der Waals surface area contributed by atoms with Gasteiger partial charge in [-0.15, -0.1) is 0 Å². The van der Waals surface area contributed by atoms with Gasteiger partial charge in [0.1, 0.15) is 6.61 Å². The van der Waals surface area contributed by atoms with Crippen molar-refractivity contribution in [2.45, 2.75) is 13.5 Å². The second-order valence-electron chi connectivity index (χ2n) is 4.42. The SMILES string of the molecule is CCOc1cc(/C=N\O)cc(Cl)c1OCc1ccc(Br)cc1. The normalized spacial score (nSPS) is 10.9. The minimum absolute atomic E-state index is 0.376. The van der Waals surface area contributed by atoms with E-state index in [1.807, 2.05) is 31.2 Å². The van der Waals surface area contributed by atoms with E-state index in [0.29, 0.717) is 35.3 Å². The third-order valence-electron chi connectivity index (χ3n) is 2.83. The highest BCUT2D eigenvalue weighted by Gasteiger charge is 2.12. The first kappa shape index (κ1) is 16.6. The maximum absolute atomic E-state index is 8.63. The number of hydrogen-bond acceptors (Lipinski definition) is 4. The number of benzene rings is 2. The van der Waals surface area contributed by atoms with Crippen molar-refractivity contribution in [2.75, 3.05) is 6.61 Å². The summed E-state index contributed by atoms with van der Waals surface area (Å²) in [5.74, 6) is 0.989. The number of hydrogen-bond donors (Lipinski definition) is 1. The van der Waals surface area contributed by atoms with Crippen LogP contribution in [0.15, 0.2) is 46.0 Å². The molecule has 2 rings (SSSR count). The first-order valence-corrected chi connectivity index (χ1v) is 7.82. The molecule has 2 aromatic carbocycles. The van der Waals surface area contributed by atoms with Crippen molar-refractivity contribution < 1.29 is 14.7 Å². The standard InChI is InChI=1S/C16H15BrClNO3/c1-2-21-15-8-12(9-19-20)7-14(18)16(15)22-10-11-3-5-13(17)6-4-11/h3-9,20H,2,10H2,1H3/b19-9-. The molecule has 0 bridgehead atoms. The van der Waals surface area contributed by atoms with Crippen LogP contribution < -0.4 is 9.47 Å². The average molecular weight is 385 g/mol. The van der Waals surface area contributed by atoms with Gasteiger partial charge < -0.3 is 14.7 Å². The maximum atomic E-state index is 8.63. The summed E-state index contributed by atoms with van der Waals surface area (Å²) in [5, 5.41) is 12.0. The predicted octanol–water partition coefficient (Wildman–Crippen LogP) is 4.89. The second-order valence-corrected chi connectivity index (χ2v) is 5.75. The van der Waals surface area contributed by atoms with Crippen LogP contribution in [0, 0.1) is 0 Å². The van der Waals surface area contributed by atoms with Gasteiger partial charge in [-0.25, -0.2) is 0 Å². The van der Waals surface area contributed by atoms with Crippen molar-refractivity contribution in [1.82, 2.24) is 0 Å². The highest BCUT2D eigenvalue weighted by atomic mass is 79.9. The topological polar surface area (TPSA) is 51.0 Å². The van der Waals surface area contributed by atoms with Crippen LogP contribution >= 0.6 is 27.5 Å². The van der Waals surface area contributed by atoms with Crippen LogP contribution in [0.1, 0.15) is 18.1 Å². The summed E-state index contributed by atoms with van der Waals surface area (Å²) < 4.78 is 12.4. The summed E-state index contributed by atoms with van der Waals surface area (Å²) in [6.07, 6.45) is 1.28. The van der Waals surface area contributed by atoms with E-state index in [1.165, 1.54) is 6.21 Å². The van der Waals surface area contributed by atoms with Crippen LogP contribution in [-0.2, 0) is 6.61 Å². The quantitative estimate of drug-likeness (QED) is 0.438. The second kappa shape index (κ2) is 8.06. The van der Waals surface area contributed by atoms with Crippen molar-refractivity contribution in [2.24, 2.45) is 5.16 Å². The molecule has 0 fully saturated rings. The molecule has 0 saturated heterocycles. The average Bonchev–Trinajstić information content (AvgIpc) is 2.49. The number of nitrogens with zero attached hydrogens (tertiary/aromatic N) is 1. The lowest BCUT2D eigenvalue weighted by Gasteiger charge is -2.14. The summed E-state index contributed by atoms with van der Waals surface area (Å²) in [6, 6.07) is 11.2. The molecule has 1 N–H and O–H groups in total. The molecule has 0 radical (unpaired) electrons. The number of rotatable bonds is 6. The molecule has 2 aromatic rings. The van der Waals surface area contributed by atoms with E-state index in [4.69, 9.17) is 26.3 Å². The zero-order valence-electron chi connectivity index (χ0n) is 11.9. The van der Waals surface area contributed by atoms with Gasteiger partial charge in [0.2, 0.25) is 0 Å². The molecule has 0 aliphatic heterocycles. The van der Waals surface area contributed by atoms with Crippen LogP contribution in [0.3, 0.4) is 0 Å². The van der Waals surface area contributed by atoms with Crippen LogP contribution in [0.25, 0.3) is 0 Å². The summed E-state index contributed by atoms with van der Waals surface area (Å²) in [6.45, 7) is 2.73. The molecule has 0 spiro atoms. The Hall–Kier alpha value is -1.72. The minimum Gasteiger partial charge on any atom is -0.490 e. The zero-order chi connectivity index (χ0) is 15.9. The fraction of sp³-hybridized carbons (Fsp3) is 0.188. The van der Waals surface area contributed by atoms with Crippen molar-refractivity contribution >= 4 is 33.7 Å². The Labute approximate surface area is 142 Å². The molecule has 0 amide bonds. The summed E-state index contributed by atoms with van der Waals surface area (Å²) in [7, 11) is 0. The van der Waals surface area contributed by atoms with Gasteiger partial charge in [0.05, 0.1) is 17.8 Å². The third-order valence-corrected chi connectivity index (χ3v) is 3.64. The fourth-order valence-corrected chi connectivity index (χ4v) is 2.41.